The second-order valence-corrected chi connectivity index (χ2v) is 10.1. The van der Waals surface area contributed by atoms with E-state index in [0.29, 0.717) is 17.9 Å². The van der Waals surface area contributed by atoms with Crippen molar-refractivity contribution in [3.05, 3.63) is 90.2 Å². The van der Waals surface area contributed by atoms with Crippen LogP contribution in [-0.4, -0.2) is 51.4 Å². The molecule has 1 N–H and O–H groups in total. The number of hydrogen-bond donors (Lipinski definition) is 1. The molecule has 0 fully saturated rings. The largest absolute Gasteiger partial charge is 0.497 e. The van der Waals surface area contributed by atoms with Crippen LogP contribution in [0.5, 0.6) is 5.75 Å². The van der Waals surface area contributed by atoms with E-state index in [9.17, 15) is 22.4 Å². The van der Waals surface area contributed by atoms with E-state index in [1.54, 1.807) is 56.3 Å². The molecule has 0 saturated carbocycles. The average molecular weight is 528 g/mol. The number of halogens is 1. The number of methoxy groups -OCH3 is 1. The molecule has 196 valence electrons. The molecule has 0 aliphatic rings. The number of nitrogens with zero attached hydrogens (tertiary/aromatic N) is 2. The molecule has 0 aliphatic carbocycles. The molecule has 3 aromatic carbocycles. The van der Waals surface area contributed by atoms with Gasteiger partial charge in [0, 0.05) is 13.1 Å². The summed E-state index contributed by atoms with van der Waals surface area (Å²) in [7, 11) is -2.67. The standard InChI is InChI=1S/C27H30FN3O5S/c1-4-29-27(33)20(2)30(18-21-9-8-10-24(17-21)36-3)26(32)19-31(23-15-13-22(28)14-16-23)37(34,35)25-11-6-5-7-12-25/h5-17,20H,4,18-19H2,1-3H3,(H,29,33)/t20-/m0/s1. The molecule has 10 heteroatoms. The van der Waals surface area contributed by atoms with Gasteiger partial charge in [0.1, 0.15) is 24.2 Å². The normalized spacial score (nSPS) is 11.9. The van der Waals surface area contributed by atoms with Gasteiger partial charge in [-0.05, 0) is 67.9 Å². The van der Waals surface area contributed by atoms with E-state index in [1.807, 2.05) is 0 Å². The quantitative estimate of drug-likeness (QED) is 0.411. The highest BCUT2D eigenvalue weighted by atomic mass is 32.2. The Morgan fingerprint density at radius 1 is 1.00 bits per heavy atom. The molecular formula is C27H30FN3O5S. The molecule has 3 aromatic rings. The molecule has 3 rings (SSSR count). The maximum atomic E-state index is 13.7. The van der Waals surface area contributed by atoms with Gasteiger partial charge in [-0.15, -0.1) is 0 Å². The molecule has 1 atom stereocenters. The zero-order chi connectivity index (χ0) is 27.0. The van der Waals surface area contributed by atoms with Crippen molar-refractivity contribution in [3.8, 4) is 5.75 Å². The molecular weight excluding hydrogens is 497 g/mol. The molecule has 0 heterocycles. The fourth-order valence-corrected chi connectivity index (χ4v) is 5.16. The molecule has 0 aromatic heterocycles. The lowest BCUT2D eigenvalue weighted by molar-refractivity contribution is -0.139. The highest BCUT2D eigenvalue weighted by Crippen LogP contribution is 2.25. The summed E-state index contributed by atoms with van der Waals surface area (Å²) in [6.45, 7) is 3.15. The van der Waals surface area contributed by atoms with Crippen molar-refractivity contribution in [2.45, 2.75) is 31.3 Å². The number of anilines is 1. The van der Waals surface area contributed by atoms with Gasteiger partial charge in [0.25, 0.3) is 10.0 Å². The smallest absolute Gasteiger partial charge is 0.264 e. The molecule has 0 unspecified atom stereocenters. The molecule has 0 aliphatic heterocycles. The number of amides is 2. The number of ether oxygens (including phenoxy) is 1. The lowest BCUT2D eigenvalue weighted by Crippen LogP contribution is -2.51. The first-order valence-corrected chi connectivity index (χ1v) is 13.1. The van der Waals surface area contributed by atoms with Crippen molar-refractivity contribution in [2.75, 3.05) is 24.5 Å². The van der Waals surface area contributed by atoms with Crippen LogP contribution < -0.4 is 14.4 Å². The third-order valence-electron chi connectivity index (χ3n) is 5.73. The molecule has 0 radical (unpaired) electrons. The van der Waals surface area contributed by atoms with Gasteiger partial charge in [-0.2, -0.15) is 0 Å². The van der Waals surface area contributed by atoms with Crippen molar-refractivity contribution in [1.29, 1.82) is 0 Å². The predicted molar refractivity (Wildman–Crippen MR) is 139 cm³/mol. The molecule has 0 bridgehead atoms. The maximum Gasteiger partial charge on any atom is 0.264 e. The monoisotopic (exact) mass is 527 g/mol. The van der Waals surface area contributed by atoms with Crippen LogP contribution in [0.15, 0.2) is 83.8 Å². The number of sulfonamides is 1. The van der Waals surface area contributed by atoms with Gasteiger partial charge >= 0.3 is 0 Å². The first-order valence-electron chi connectivity index (χ1n) is 11.7. The van der Waals surface area contributed by atoms with Crippen molar-refractivity contribution in [3.63, 3.8) is 0 Å². The maximum absolute atomic E-state index is 13.7. The Morgan fingerprint density at radius 3 is 2.30 bits per heavy atom. The third-order valence-corrected chi connectivity index (χ3v) is 7.52. The van der Waals surface area contributed by atoms with E-state index in [2.05, 4.69) is 5.32 Å². The van der Waals surface area contributed by atoms with Gasteiger partial charge in [0.15, 0.2) is 0 Å². The second kappa shape index (κ2) is 12.4. The highest BCUT2D eigenvalue weighted by Gasteiger charge is 2.32. The average Bonchev–Trinajstić information content (AvgIpc) is 2.91. The third kappa shape index (κ3) is 6.85. The van der Waals surface area contributed by atoms with Crippen LogP contribution in [0.2, 0.25) is 0 Å². The van der Waals surface area contributed by atoms with Gasteiger partial charge in [-0.25, -0.2) is 12.8 Å². The zero-order valence-electron chi connectivity index (χ0n) is 20.9. The highest BCUT2D eigenvalue weighted by molar-refractivity contribution is 7.92. The van der Waals surface area contributed by atoms with Crippen LogP contribution >= 0.6 is 0 Å². The van der Waals surface area contributed by atoms with E-state index in [0.717, 1.165) is 16.4 Å². The summed E-state index contributed by atoms with van der Waals surface area (Å²) in [5.41, 5.74) is 0.814. The number of benzene rings is 3. The summed E-state index contributed by atoms with van der Waals surface area (Å²) in [5, 5.41) is 2.71. The summed E-state index contributed by atoms with van der Waals surface area (Å²) in [4.78, 5) is 27.7. The van der Waals surface area contributed by atoms with Gasteiger partial charge in [0.2, 0.25) is 11.8 Å². The van der Waals surface area contributed by atoms with Crippen LogP contribution in [0.25, 0.3) is 0 Å². The number of nitrogens with one attached hydrogen (secondary N) is 1. The Labute approximate surface area is 216 Å². The van der Waals surface area contributed by atoms with Crippen molar-refractivity contribution >= 4 is 27.5 Å². The molecule has 0 spiro atoms. The first kappa shape index (κ1) is 27.7. The lowest BCUT2D eigenvalue weighted by atomic mass is 10.1. The number of hydrogen-bond acceptors (Lipinski definition) is 5. The van der Waals surface area contributed by atoms with E-state index in [1.165, 1.54) is 36.3 Å². The van der Waals surface area contributed by atoms with Crippen LogP contribution in [0.3, 0.4) is 0 Å². The topological polar surface area (TPSA) is 96.0 Å². The van der Waals surface area contributed by atoms with Gasteiger partial charge in [0.05, 0.1) is 17.7 Å². The van der Waals surface area contributed by atoms with Crippen LogP contribution in [0, 0.1) is 5.82 Å². The summed E-state index contributed by atoms with van der Waals surface area (Å²) in [6.07, 6.45) is 0. The Bertz CT molecular complexity index is 1320. The summed E-state index contributed by atoms with van der Waals surface area (Å²) >= 11 is 0. The van der Waals surface area contributed by atoms with Crippen LogP contribution in [-0.2, 0) is 26.2 Å². The molecule has 0 saturated heterocycles. The Morgan fingerprint density at radius 2 is 1.68 bits per heavy atom. The van der Waals surface area contributed by atoms with Crippen molar-refractivity contribution < 1.29 is 27.1 Å². The fraction of sp³-hybridized carbons (Fsp3) is 0.259. The minimum Gasteiger partial charge on any atom is -0.497 e. The van der Waals surface area contributed by atoms with Crippen molar-refractivity contribution in [1.82, 2.24) is 10.2 Å². The van der Waals surface area contributed by atoms with Gasteiger partial charge < -0.3 is 15.0 Å². The number of rotatable bonds is 11. The van der Waals surface area contributed by atoms with Gasteiger partial charge in [-0.3, -0.25) is 13.9 Å². The minimum atomic E-state index is -4.19. The lowest BCUT2D eigenvalue weighted by Gasteiger charge is -2.32. The zero-order valence-corrected chi connectivity index (χ0v) is 21.7. The van der Waals surface area contributed by atoms with Gasteiger partial charge in [-0.1, -0.05) is 30.3 Å². The SMILES string of the molecule is CCNC(=O)[C@H](C)N(Cc1cccc(OC)c1)C(=O)CN(c1ccc(F)cc1)S(=O)(=O)c1ccccc1. The number of carbonyl (C=O) groups is 2. The van der Waals surface area contributed by atoms with Crippen LogP contribution in [0.1, 0.15) is 19.4 Å². The van der Waals surface area contributed by atoms with E-state index < -0.39 is 34.3 Å². The fourth-order valence-electron chi connectivity index (χ4n) is 3.73. The predicted octanol–water partition coefficient (Wildman–Crippen LogP) is 3.58. The Hall–Kier alpha value is -3.92. The van der Waals surface area contributed by atoms with E-state index in [-0.39, 0.29) is 23.0 Å². The first-order chi connectivity index (χ1) is 17.7. The molecule has 37 heavy (non-hydrogen) atoms. The van der Waals surface area contributed by atoms with E-state index in [4.69, 9.17) is 4.74 Å². The number of likely N-dealkylation sites (N-methyl/N-ethyl adjacent to an activating group) is 1. The Kier molecular flexibility index (Phi) is 9.24. The summed E-state index contributed by atoms with van der Waals surface area (Å²) in [5.74, 6) is -0.949. The minimum absolute atomic E-state index is 0.0248. The van der Waals surface area contributed by atoms with Crippen LogP contribution in [0.4, 0.5) is 10.1 Å². The van der Waals surface area contributed by atoms with Crippen molar-refractivity contribution in [2.24, 2.45) is 0 Å². The molecule has 8 nitrogen and oxygen atoms in total. The Balaban J connectivity index is 2.01. The number of carbonyl (C=O) groups excluding carboxylic acids is 2. The van der Waals surface area contributed by atoms with E-state index >= 15 is 0 Å². The summed E-state index contributed by atoms with van der Waals surface area (Å²) in [6, 6.07) is 18.6. The second-order valence-electron chi connectivity index (χ2n) is 8.24. The summed E-state index contributed by atoms with van der Waals surface area (Å²) < 4.78 is 47.0. The molecule has 2 amide bonds.